The fraction of sp³-hybridized carbons (Fsp3) is 0.294. The molecule has 1 aromatic carbocycles. The lowest BCUT2D eigenvalue weighted by Crippen LogP contribution is -2.11. The van der Waals surface area contributed by atoms with Gasteiger partial charge in [-0.25, -0.2) is 18.5 Å². The van der Waals surface area contributed by atoms with Gasteiger partial charge in [-0.2, -0.15) is 0 Å². The molecule has 10 heteroatoms. The minimum Gasteiger partial charge on any atom is -0.319 e. The molecule has 0 radical (unpaired) electrons. The van der Waals surface area contributed by atoms with Crippen LogP contribution in [0.5, 0.6) is 0 Å². The molecule has 3 rings (SSSR count). The summed E-state index contributed by atoms with van der Waals surface area (Å²) in [7, 11) is -3.79. The molecule has 144 valence electrons. The zero-order chi connectivity index (χ0) is 19.6. The first-order valence-electron chi connectivity index (χ1n) is 8.24. The predicted molar refractivity (Wildman–Crippen MR) is 113 cm³/mol. The number of primary sulfonamides is 1. The van der Waals surface area contributed by atoms with E-state index in [0.29, 0.717) is 15.6 Å². The summed E-state index contributed by atoms with van der Waals surface area (Å²) in [5.74, 6) is 0.305. The van der Waals surface area contributed by atoms with Crippen molar-refractivity contribution in [1.29, 1.82) is 0 Å². The van der Waals surface area contributed by atoms with Gasteiger partial charge in [0, 0.05) is 6.54 Å². The molecule has 0 unspecified atom stereocenters. The standard InChI is InChI=1S/C17H18BrN3O3S3/c1-2-3-8-21-13-5-4-11(27(19,23)24)9-12(13)20-17(21)25-10-14(22)15-6-7-16(18)26-15/h4-7,9H,2-3,8,10H2,1H3,(H2,19,23,24). The number of carbonyl (C=O) groups is 1. The van der Waals surface area contributed by atoms with E-state index >= 15 is 0 Å². The van der Waals surface area contributed by atoms with E-state index < -0.39 is 10.0 Å². The van der Waals surface area contributed by atoms with Gasteiger partial charge >= 0.3 is 0 Å². The zero-order valence-corrected chi connectivity index (χ0v) is 18.5. The SMILES string of the molecule is CCCCn1c(SCC(=O)c2ccc(Br)s2)nc2cc(S(N)(=O)=O)ccc21. The first-order chi connectivity index (χ1) is 12.8. The fourth-order valence-corrected chi connectivity index (χ4v) is 5.44. The minimum atomic E-state index is -3.79. The Morgan fingerprint density at radius 2 is 2.11 bits per heavy atom. The van der Waals surface area contributed by atoms with Crippen molar-refractivity contribution in [3.05, 3.63) is 39.0 Å². The number of aryl methyl sites for hydroxylation is 1. The average molecular weight is 488 g/mol. The molecule has 0 aliphatic rings. The number of ketones is 1. The van der Waals surface area contributed by atoms with E-state index in [2.05, 4.69) is 27.8 Å². The fourth-order valence-electron chi connectivity index (χ4n) is 2.57. The summed E-state index contributed by atoms with van der Waals surface area (Å²) in [4.78, 5) is 17.7. The summed E-state index contributed by atoms with van der Waals surface area (Å²) >= 11 is 6.13. The summed E-state index contributed by atoms with van der Waals surface area (Å²) < 4.78 is 26.2. The van der Waals surface area contributed by atoms with Crippen LogP contribution in [0.25, 0.3) is 11.0 Å². The number of hydrogen-bond acceptors (Lipinski definition) is 6. The number of Topliss-reactive ketones (excluding diaryl/α,β-unsaturated/α-hetero) is 1. The van der Waals surface area contributed by atoms with E-state index in [9.17, 15) is 13.2 Å². The normalized spacial score (nSPS) is 12.0. The molecule has 2 N–H and O–H groups in total. The first-order valence-corrected chi connectivity index (χ1v) is 12.4. The molecular weight excluding hydrogens is 470 g/mol. The number of thioether (sulfide) groups is 1. The average Bonchev–Trinajstić information content (AvgIpc) is 3.20. The predicted octanol–water partition coefficient (Wildman–Crippen LogP) is 4.28. The van der Waals surface area contributed by atoms with Crippen molar-refractivity contribution in [1.82, 2.24) is 9.55 Å². The Morgan fingerprint density at radius 1 is 1.33 bits per heavy atom. The van der Waals surface area contributed by atoms with E-state index in [-0.39, 0.29) is 16.4 Å². The monoisotopic (exact) mass is 487 g/mol. The van der Waals surface area contributed by atoms with Gasteiger partial charge in [0.2, 0.25) is 10.0 Å². The van der Waals surface area contributed by atoms with Crippen molar-refractivity contribution in [3.8, 4) is 0 Å². The second-order valence-corrected chi connectivity index (χ2v) is 10.9. The number of rotatable bonds is 8. The Kier molecular flexibility index (Phi) is 6.42. The molecule has 0 aliphatic heterocycles. The van der Waals surface area contributed by atoms with Crippen LogP contribution in [-0.2, 0) is 16.6 Å². The van der Waals surface area contributed by atoms with Crippen LogP contribution in [0, 0.1) is 0 Å². The third-order valence-corrected chi connectivity index (χ3v) is 7.48. The van der Waals surface area contributed by atoms with Crippen LogP contribution in [0.2, 0.25) is 0 Å². The van der Waals surface area contributed by atoms with Crippen LogP contribution < -0.4 is 5.14 Å². The zero-order valence-electron chi connectivity index (χ0n) is 14.5. The van der Waals surface area contributed by atoms with E-state index in [1.54, 1.807) is 12.1 Å². The van der Waals surface area contributed by atoms with Gasteiger partial charge in [0.15, 0.2) is 10.9 Å². The van der Waals surface area contributed by atoms with Crippen molar-refractivity contribution < 1.29 is 13.2 Å². The summed E-state index contributed by atoms with van der Waals surface area (Å²) in [5.41, 5.74) is 1.40. The second-order valence-electron chi connectivity index (χ2n) is 5.91. The molecule has 2 heterocycles. The summed E-state index contributed by atoms with van der Waals surface area (Å²) in [6.45, 7) is 2.85. The first kappa shape index (κ1) is 20.5. The summed E-state index contributed by atoms with van der Waals surface area (Å²) in [6.07, 6.45) is 1.98. The van der Waals surface area contributed by atoms with Crippen molar-refractivity contribution in [2.24, 2.45) is 5.14 Å². The summed E-state index contributed by atoms with van der Waals surface area (Å²) in [5, 5.41) is 5.93. The van der Waals surface area contributed by atoms with Crippen molar-refractivity contribution in [3.63, 3.8) is 0 Å². The molecule has 27 heavy (non-hydrogen) atoms. The number of nitrogens with two attached hydrogens (primary N) is 1. The number of imidazole rings is 1. The van der Waals surface area contributed by atoms with Gasteiger partial charge in [0.1, 0.15) is 0 Å². The number of unbranched alkanes of at least 4 members (excludes halogenated alkanes) is 1. The number of carbonyl (C=O) groups excluding carboxylic acids is 1. The highest BCUT2D eigenvalue weighted by Gasteiger charge is 2.17. The van der Waals surface area contributed by atoms with Crippen molar-refractivity contribution in [2.45, 2.75) is 36.4 Å². The maximum absolute atomic E-state index is 12.4. The van der Waals surface area contributed by atoms with Crippen LogP contribution >= 0.6 is 39.0 Å². The molecule has 0 atom stereocenters. The molecule has 0 amide bonds. The maximum Gasteiger partial charge on any atom is 0.238 e. The number of nitrogens with zero attached hydrogens (tertiary/aromatic N) is 2. The van der Waals surface area contributed by atoms with Gasteiger partial charge in [-0.15, -0.1) is 11.3 Å². The Bertz CT molecular complexity index is 1090. The Hall–Kier alpha value is -1.20. The molecule has 2 aromatic heterocycles. The molecule has 6 nitrogen and oxygen atoms in total. The number of halogens is 1. The number of fused-ring (bicyclic) bond motifs is 1. The van der Waals surface area contributed by atoms with Gasteiger partial charge in [-0.05, 0) is 52.7 Å². The Morgan fingerprint density at radius 3 is 2.74 bits per heavy atom. The van der Waals surface area contributed by atoms with E-state index in [1.807, 2.05) is 10.6 Å². The largest absolute Gasteiger partial charge is 0.319 e. The van der Waals surface area contributed by atoms with Gasteiger partial charge in [0.25, 0.3) is 0 Å². The Balaban J connectivity index is 1.91. The maximum atomic E-state index is 12.4. The summed E-state index contributed by atoms with van der Waals surface area (Å²) in [6, 6.07) is 8.35. The molecule has 0 fully saturated rings. The van der Waals surface area contributed by atoms with Crippen molar-refractivity contribution >= 4 is 65.9 Å². The highest BCUT2D eigenvalue weighted by molar-refractivity contribution is 9.11. The lowest BCUT2D eigenvalue weighted by Gasteiger charge is -2.08. The van der Waals surface area contributed by atoms with Crippen molar-refractivity contribution in [2.75, 3.05) is 5.75 Å². The second kappa shape index (κ2) is 8.44. The van der Waals surface area contributed by atoms with Gasteiger partial charge in [-0.3, -0.25) is 4.79 Å². The topological polar surface area (TPSA) is 95.0 Å². The van der Waals surface area contributed by atoms with Crippen LogP contribution in [0.3, 0.4) is 0 Å². The number of sulfonamides is 1. The number of benzene rings is 1. The van der Waals surface area contributed by atoms with Crippen LogP contribution in [0.1, 0.15) is 29.4 Å². The quantitative estimate of drug-likeness (QED) is 0.377. The number of hydrogen-bond donors (Lipinski definition) is 1. The molecular formula is C17H18BrN3O3S3. The molecule has 3 aromatic rings. The number of thiophene rings is 1. The lowest BCUT2D eigenvalue weighted by atomic mass is 10.3. The number of aromatic nitrogens is 2. The van der Waals surface area contributed by atoms with E-state index in [4.69, 9.17) is 5.14 Å². The van der Waals surface area contributed by atoms with Crippen LogP contribution in [-0.4, -0.2) is 29.5 Å². The Labute approximate surface area is 174 Å². The van der Waals surface area contributed by atoms with Crippen LogP contribution in [0.15, 0.2) is 44.2 Å². The molecule has 0 saturated heterocycles. The van der Waals surface area contributed by atoms with Gasteiger partial charge in [-0.1, -0.05) is 25.1 Å². The molecule has 0 spiro atoms. The molecule has 0 aliphatic carbocycles. The van der Waals surface area contributed by atoms with E-state index in [1.165, 1.54) is 35.2 Å². The smallest absolute Gasteiger partial charge is 0.238 e. The van der Waals surface area contributed by atoms with E-state index in [0.717, 1.165) is 28.7 Å². The highest BCUT2D eigenvalue weighted by Crippen LogP contribution is 2.28. The highest BCUT2D eigenvalue weighted by atomic mass is 79.9. The lowest BCUT2D eigenvalue weighted by molar-refractivity contribution is 0.102. The third-order valence-electron chi connectivity index (χ3n) is 3.93. The molecule has 0 bridgehead atoms. The minimum absolute atomic E-state index is 0.0335. The van der Waals surface area contributed by atoms with Gasteiger partial charge in [0.05, 0.1) is 30.3 Å². The van der Waals surface area contributed by atoms with Crippen LogP contribution in [0.4, 0.5) is 0 Å². The third kappa shape index (κ3) is 4.80. The molecule has 0 saturated carbocycles. The van der Waals surface area contributed by atoms with Gasteiger partial charge < -0.3 is 4.57 Å².